The van der Waals surface area contributed by atoms with Crippen molar-refractivity contribution in [3.05, 3.63) is 28.9 Å². The number of nitrogens with zero attached hydrogens (tertiary/aromatic N) is 4. The molecule has 1 aliphatic rings. The molecule has 0 aliphatic carbocycles. The van der Waals surface area contributed by atoms with E-state index in [4.69, 9.17) is 0 Å². The Morgan fingerprint density at radius 3 is 2.90 bits per heavy atom. The van der Waals surface area contributed by atoms with E-state index in [1.54, 1.807) is 6.20 Å². The number of hydrogen-bond acceptors (Lipinski definition) is 4. The van der Waals surface area contributed by atoms with E-state index in [2.05, 4.69) is 47.6 Å². The lowest BCUT2D eigenvalue weighted by atomic mass is 9.94. The molecule has 0 aromatic carbocycles. The number of fused-ring (bicyclic) bond motifs is 1. The molecule has 21 heavy (non-hydrogen) atoms. The van der Waals surface area contributed by atoms with Crippen molar-refractivity contribution < 1.29 is 0 Å². The van der Waals surface area contributed by atoms with Gasteiger partial charge in [0.25, 0.3) is 0 Å². The van der Waals surface area contributed by atoms with Crippen molar-refractivity contribution in [2.75, 3.05) is 26.7 Å². The molecule has 5 nitrogen and oxygen atoms in total. The normalized spacial score (nSPS) is 17.6. The Balaban J connectivity index is 1.47. The molecule has 0 bridgehead atoms. The topological polar surface area (TPSA) is 45.5 Å². The van der Waals surface area contributed by atoms with E-state index < -0.39 is 0 Å². The Morgan fingerprint density at radius 2 is 2.10 bits per heavy atom. The van der Waals surface area contributed by atoms with E-state index in [0.29, 0.717) is 0 Å². The second-order valence-electron chi connectivity index (χ2n) is 5.90. The Kier molecular flexibility index (Phi) is 4.87. The lowest BCUT2D eigenvalue weighted by Gasteiger charge is -2.28. The van der Waals surface area contributed by atoms with Crippen molar-refractivity contribution in [2.24, 2.45) is 5.92 Å². The van der Waals surface area contributed by atoms with Crippen LogP contribution in [-0.2, 0) is 6.54 Å². The molecular formula is C15H22BrN5. The van der Waals surface area contributed by atoms with Gasteiger partial charge in [-0.25, -0.2) is 9.97 Å². The molecular weight excluding hydrogens is 330 g/mol. The second kappa shape index (κ2) is 6.85. The first-order valence-corrected chi connectivity index (χ1v) is 8.38. The average molecular weight is 352 g/mol. The Bertz CT molecular complexity index is 589. The van der Waals surface area contributed by atoms with E-state index >= 15 is 0 Å². The highest BCUT2D eigenvalue weighted by Crippen LogP contribution is 2.18. The Morgan fingerprint density at radius 1 is 1.29 bits per heavy atom. The molecule has 3 heterocycles. The fourth-order valence-electron chi connectivity index (χ4n) is 2.92. The van der Waals surface area contributed by atoms with Gasteiger partial charge >= 0.3 is 0 Å². The molecule has 3 rings (SSSR count). The lowest BCUT2D eigenvalue weighted by Crippen LogP contribution is -2.31. The number of hydrogen-bond donors (Lipinski definition) is 1. The highest BCUT2D eigenvalue weighted by Gasteiger charge is 2.15. The first kappa shape index (κ1) is 14.9. The summed E-state index contributed by atoms with van der Waals surface area (Å²) in [7, 11) is 2.21. The van der Waals surface area contributed by atoms with E-state index in [9.17, 15) is 0 Å². The molecule has 0 saturated carbocycles. The molecule has 0 amide bonds. The quantitative estimate of drug-likeness (QED) is 0.839. The summed E-state index contributed by atoms with van der Waals surface area (Å²) in [6, 6.07) is 0. The van der Waals surface area contributed by atoms with Crippen LogP contribution >= 0.6 is 15.9 Å². The maximum atomic E-state index is 4.37. The predicted molar refractivity (Wildman–Crippen MR) is 87.2 cm³/mol. The molecule has 1 fully saturated rings. The number of halogens is 1. The minimum Gasteiger partial charge on any atom is -0.311 e. The average Bonchev–Trinajstić information content (AvgIpc) is 2.88. The zero-order valence-corrected chi connectivity index (χ0v) is 14.0. The van der Waals surface area contributed by atoms with Crippen LogP contribution in [0.1, 0.15) is 25.0 Å². The van der Waals surface area contributed by atoms with Crippen LogP contribution in [0.4, 0.5) is 0 Å². The monoisotopic (exact) mass is 351 g/mol. The molecule has 1 saturated heterocycles. The molecule has 0 atom stereocenters. The van der Waals surface area contributed by atoms with Gasteiger partial charge in [0, 0.05) is 12.7 Å². The van der Waals surface area contributed by atoms with Crippen LogP contribution in [0.2, 0.25) is 0 Å². The van der Waals surface area contributed by atoms with Gasteiger partial charge in [-0.3, -0.25) is 4.40 Å². The minimum absolute atomic E-state index is 0.834. The molecule has 2 aromatic rings. The van der Waals surface area contributed by atoms with Crippen LogP contribution < -0.4 is 5.32 Å². The first-order valence-electron chi connectivity index (χ1n) is 7.59. The second-order valence-corrected chi connectivity index (χ2v) is 6.71. The van der Waals surface area contributed by atoms with Crippen molar-refractivity contribution >= 4 is 21.6 Å². The molecule has 1 N–H and O–H groups in total. The van der Waals surface area contributed by atoms with Crippen LogP contribution in [0.5, 0.6) is 0 Å². The third-order valence-corrected chi connectivity index (χ3v) is 4.72. The summed E-state index contributed by atoms with van der Waals surface area (Å²) in [6.45, 7) is 4.43. The molecule has 0 unspecified atom stereocenters. The first-order chi connectivity index (χ1) is 10.2. The number of piperidine rings is 1. The zero-order chi connectivity index (χ0) is 14.7. The SMILES string of the molecule is CN1CCC(CCNCc2cnc3cnc(Br)cn23)CC1. The van der Waals surface area contributed by atoms with Gasteiger partial charge in [-0.1, -0.05) is 0 Å². The largest absolute Gasteiger partial charge is 0.311 e. The van der Waals surface area contributed by atoms with Crippen LogP contribution in [0.25, 0.3) is 5.65 Å². The highest BCUT2D eigenvalue weighted by atomic mass is 79.9. The Hall–Kier alpha value is -0.980. The van der Waals surface area contributed by atoms with Gasteiger partial charge in [0.05, 0.1) is 18.1 Å². The van der Waals surface area contributed by atoms with Gasteiger partial charge in [-0.15, -0.1) is 0 Å². The number of likely N-dealkylation sites (tertiary alicyclic amines) is 1. The smallest absolute Gasteiger partial charge is 0.155 e. The van der Waals surface area contributed by atoms with Gasteiger partial charge in [0.15, 0.2) is 5.65 Å². The van der Waals surface area contributed by atoms with Crippen molar-refractivity contribution in [3.63, 3.8) is 0 Å². The summed E-state index contributed by atoms with van der Waals surface area (Å²) in [5, 5.41) is 3.55. The van der Waals surface area contributed by atoms with Crippen molar-refractivity contribution in [1.29, 1.82) is 0 Å². The molecule has 114 valence electrons. The Labute approximate surface area is 133 Å². The third-order valence-electron chi connectivity index (χ3n) is 4.31. The summed E-state index contributed by atoms with van der Waals surface area (Å²) in [5.74, 6) is 0.884. The maximum Gasteiger partial charge on any atom is 0.155 e. The fourth-order valence-corrected chi connectivity index (χ4v) is 3.23. The molecule has 0 radical (unpaired) electrons. The van der Waals surface area contributed by atoms with Gasteiger partial charge in [-0.2, -0.15) is 0 Å². The zero-order valence-electron chi connectivity index (χ0n) is 12.4. The molecule has 6 heteroatoms. The third kappa shape index (κ3) is 3.81. The summed E-state index contributed by atoms with van der Waals surface area (Å²) >= 11 is 3.41. The minimum atomic E-state index is 0.834. The van der Waals surface area contributed by atoms with E-state index in [1.807, 2.05) is 12.4 Å². The van der Waals surface area contributed by atoms with E-state index in [0.717, 1.165) is 29.3 Å². The summed E-state index contributed by atoms with van der Waals surface area (Å²) in [4.78, 5) is 11.0. The summed E-state index contributed by atoms with van der Waals surface area (Å²) in [6.07, 6.45) is 9.63. The number of aromatic nitrogens is 3. The maximum absolute atomic E-state index is 4.37. The van der Waals surface area contributed by atoms with Gasteiger partial charge in [-0.05, 0) is 67.8 Å². The number of nitrogens with one attached hydrogen (secondary N) is 1. The van der Waals surface area contributed by atoms with Gasteiger partial charge < -0.3 is 10.2 Å². The van der Waals surface area contributed by atoms with Crippen LogP contribution in [0.15, 0.2) is 23.2 Å². The van der Waals surface area contributed by atoms with Gasteiger partial charge in [0.1, 0.15) is 4.60 Å². The fraction of sp³-hybridized carbons (Fsp3) is 0.600. The molecule has 1 aliphatic heterocycles. The standard InChI is InChI=1S/C15H22BrN5/c1-20-6-3-12(4-7-20)2-5-17-8-13-9-19-15-10-18-14(16)11-21(13)15/h9-12,17H,2-8H2,1H3. The van der Waals surface area contributed by atoms with Crippen molar-refractivity contribution in [3.8, 4) is 0 Å². The number of rotatable bonds is 5. The van der Waals surface area contributed by atoms with Crippen molar-refractivity contribution in [1.82, 2.24) is 24.6 Å². The van der Waals surface area contributed by atoms with E-state index in [1.165, 1.54) is 38.0 Å². The number of imidazole rings is 1. The van der Waals surface area contributed by atoms with Crippen LogP contribution in [-0.4, -0.2) is 46.0 Å². The van der Waals surface area contributed by atoms with Crippen LogP contribution in [0.3, 0.4) is 0 Å². The van der Waals surface area contributed by atoms with Gasteiger partial charge in [0.2, 0.25) is 0 Å². The van der Waals surface area contributed by atoms with Crippen molar-refractivity contribution in [2.45, 2.75) is 25.8 Å². The molecule has 0 spiro atoms. The highest BCUT2D eigenvalue weighted by molar-refractivity contribution is 9.10. The van der Waals surface area contributed by atoms with E-state index in [-0.39, 0.29) is 0 Å². The van der Waals surface area contributed by atoms with Crippen LogP contribution in [0, 0.1) is 5.92 Å². The molecule has 2 aromatic heterocycles. The lowest BCUT2D eigenvalue weighted by molar-refractivity contribution is 0.211. The predicted octanol–water partition coefficient (Wildman–Crippen LogP) is 2.31. The summed E-state index contributed by atoms with van der Waals surface area (Å²) < 4.78 is 2.92. The summed E-state index contributed by atoms with van der Waals surface area (Å²) in [5.41, 5.74) is 2.07.